The lowest BCUT2D eigenvalue weighted by Crippen LogP contribution is -2.15. The number of aromatic amines is 2. The first-order chi connectivity index (χ1) is 11.2. The Kier molecular flexibility index (Phi) is 3.11. The number of nitrogens with zero attached hydrogens (tertiary/aromatic N) is 2. The van der Waals surface area contributed by atoms with Gasteiger partial charge in [0.25, 0.3) is 5.91 Å². The molecule has 0 aliphatic heterocycles. The maximum absolute atomic E-state index is 11.5. The van der Waals surface area contributed by atoms with Crippen molar-refractivity contribution in [3.05, 3.63) is 53.0 Å². The minimum atomic E-state index is -0.477. The zero-order valence-electron chi connectivity index (χ0n) is 12.4. The number of fused-ring (bicyclic) bond motifs is 3. The summed E-state index contributed by atoms with van der Waals surface area (Å²) < 4.78 is 0. The second-order valence-corrected chi connectivity index (χ2v) is 5.53. The molecule has 7 nitrogen and oxygen atoms in total. The van der Waals surface area contributed by atoms with Crippen molar-refractivity contribution in [2.45, 2.75) is 19.4 Å². The van der Waals surface area contributed by atoms with Gasteiger partial charge in [-0.05, 0) is 25.0 Å². The number of carbonyl (C=O) groups excluding carboxylic acids is 1. The first-order valence-corrected chi connectivity index (χ1v) is 7.46. The van der Waals surface area contributed by atoms with Crippen molar-refractivity contribution in [3.63, 3.8) is 0 Å². The van der Waals surface area contributed by atoms with Gasteiger partial charge in [0.1, 0.15) is 5.69 Å². The van der Waals surface area contributed by atoms with E-state index in [0.717, 1.165) is 46.7 Å². The monoisotopic (exact) mass is 308 g/mol. The number of aryl methyl sites for hydroxylation is 1. The lowest BCUT2D eigenvalue weighted by molar-refractivity contribution is 0.0994. The highest BCUT2D eigenvalue weighted by Gasteiger charge is 2.28. The fourth-order valence-corrected chi connectivity index (χ4v) is 3.02. The van der Waals surface area contributed by atoms with E-state index < -0.39 is 5.91 Å². The van der Waals surface area contributed by atoms with Gasteiger partial charge in [-0.1, -0.05) is 18.2 Å². The number of nitrogens with two attached hydrogens (primary N) is 1. The highest BCUT2D eigenvalue weighted by atomic mass is 16.1. The average molecular weight is 308 g/mol. The topological polar surface area (TPSA) is 112 Å². The fourth-order valence-electron chi connectivity index (χ4n) is 3.02. The summed E-state index contributed by atoms with van der Waals surface area (Å²) in [6.07, 6.45) is 1.52. The minimum Gasteiger partial charge on any atom is -0.379 e. The van der Waals surface area contributed by atoms with Crippen LogP contribution in [-0.4, -0.2) is 26.3 Å². The Morgan fingerprint density at radius 3 is 2.78 bits per heavy atom. The van der Waals surface area contributed by atoms with Gasteiger partial charge in [-0.3, -0.25) is 15.0 Å². The van der Waals surface area contributed by atoms with Gasteiger partial charge in [0, 0.05) is 22.5 Å². The summed E-state index contributed by atoms with van der Waals surface area (Å²) in [4.78, 5) is 11.5. The summed E-state index contributed by atoms with van der Waals surface area (Å²) >= 11 is 0. The van der Waals surface area contributed by atoms with E-state index in [1.807, 2.05) is 30.3 Å². The molecular weight excluding hydrogens is 292 g/mol. The van der Waals surface area contributed by atoms with Crippen molar-refractivity contribution in [1.82, 2.24) is 20.4 Å². The van der Waals surface area contributed by atoms with E-state index in [2.05, 4.69) is 25.7 Å². The van der Waals surface area contributed by atoms with Crippen molar-refractivity contribution in [2.24, 2.45) is 5.73 Å². The molecule has 1 aliphatic carbocycles. The van der Waals surface area contributed by atoms with E-state index in [1.54, 1.807) is 0 Å². The molecule has 7 heteroatoms. The van der Waals surface area contributed by atoms with Crippen LogP contribution in [0.1, 0.15) is 27.4 Å². The number of rotatable bonds is 4. The van der Waals surface area contributed by atoms with E-state index in [0.29, 0.717) is 12.2 Å². The van der Waals surface area contributed by atoms with Gasteiger partial charge in [0.05, 0.1) is 17.9 Å². The van der Waals surface area contributed by atoms with Gasteiger partial charge in [-0.15, -0.1) is 0 Å². The minimum absolute atomic E-state index is 0.397. The lowest BCUT2D eigenvalue weighted by Gasteiger charge is -2.12. The van der Waals surface area contributed by atoms with Gasteiger partial charge in [0.2, 0.25) is 0 Å². The third-order valence-electron chi connectivity index (χ3n) is 4.13. The number of aromatic nitrogens is 4. The average Bonchev–Trinajstić information content (AvgIpc) is 3.17. The molecule has 1 aromatic carbocycles. The normalized spacial score (nSPS) is 12.5. The molecule has 1 amide bonds. The summed E-state index contributed by atoms with van der Waals surface area (Å²) in [5.74, 6) is -0.477. The predicted octanol–water partition coefficient (Wildman–Crippen LogP) is 1.61. The molecule has 0 radical (unpaired) electrons. The number of hydrogen-bond acceptors (Lipinski definition) is 4. The van der Waals surface area contributed by atoms with Crippen molar-refractivity contribution >= 4 is 11.6 Å². The largest absolute Gasteiger partial charge is 0.379 e. The summed E-state index contributed by atoms with van der Waals surface area (Å²) in [5, 5.41) is 17.9. The highest BCUT2D eigenvalue weighted by molar-refractivity contribution is 5.94. The van der Waals surface area contributed by atoms with E-state index in [9.17, 15) is 4.79 Å². The second-order valence-electron chi connectivity index (χ2n) is 5.53. The predicted molar refractivity (Wildman–Crippen MR) is 85.9 cm³/mol. The standard InChI is InChI=1S/C16H16N6O/c17-16(23)15-10-6-7-11-13(14(10)21-22-15)12(20-19-11)8-18-9-4-2-1-3-5-9/h1-5,18H,6-8H2,(H2,17,23)(H,19,20)(H,21,22). The third-order valence-corrected chi connectivity index (χ3v) is 4.13. The summed E-state index contributed by atoms with van der Waals surface area (Å²) in [6.45, 7) is 0.577. The molecule has 0 unspecified atom stereocenters. The molecular formula is C16H16N6O. The number of anilines is 1. The number of H-pyrrole nitrogens is 2. The Balaban J connectivity index is 1.67. The third kappa shape index (κ3) is 2.26. The molecule has 1 aliphatic rings. The fraction of sp³-hybridized carbons (Fsp3) is 0.188. The summed E-state index contributed by atoms with van der Waals surface area (Å²) in [6, 6.07) is 9.94. The molecule has 2 heterocycles. The summed E-state index contributed by atoms with van der Waals surface area (Å²) in [7, 11) is 0. The molecule has 0 atom stereocenters. The van der Waals surface area contributed by atoms with Crippen LogP contribution in [0.3, 0.4) is 0 Å². The highest BCUT2D eigenvalue weighted by Crippen LogP contribution is 2.35. The van der Waals surface area contributed by atoms with Crippen molar-refractivity contribution < 1.29 is 4.79 Å². The number of primary amides is 1. The molecule has 116 valence electrons. The number of para-hydroxylation sites is 1. The maximum atomic E-state index is 11.5. The number of carbonyl (C=O) groups is 1. The molecule has 0 spiro atoms. The van der Waals surface area contributed by atoms with Gasteiger partial charge < -0.3 is 11.1 Å². The number of nitrogens with one attached hydrogen (secondary N) is 3. The molecule has 0 saturated carbocycles. The van der Waals surface area contributed by atoms with Crippen molar-refractivity contribution in [2.75, 3.05) is 5.32 Å². The first-order valence-electron chi connectivity index (χ1n) is 7.46. The van der Waals surface area contributed by atoms with E-state index >= 15 is 0 Å². The smallest absolute Gasteiger partial charge is 0.267 e. The lowest BCUT2D eigenvalue weighted by atomic mass is 9.92. The van der Waals surface area contributed by atoms with Crippen LogP contribution >= 0.6 is 0 Å². The second kappa shape index (κ2) is 5.28. The van der Waals surface area contributed by atoms with E-state index in [4.69, 9.17) is 5.73 Å². The Morgan fingerprint density at radius 2 is 2.00 bits per heavy atom. The van der Waals surface area contributed by atoms with Crippen LogP contribution in [0.5, 0.6) is 0 Å². The quantitative estimate of drug-likeness (QED) is 0.586. The van der Waals surface area contributed by atoms with Crippen molar-refractivity contribution in [3.8, 4) is 11.3 Å². The Hall–Kier alpha value is -3.09. The van der Waals surface area contributed by atoms with Gasteiger partial charge in [-0.25, -0.2) is 0 Å². The van der Waals surface area contributed by atoms with Crippen LogP contribution in [0.25, 0.3) is 11.3 Å². The number of benzene rings is 1. The van der Waals surface area contributed by atoms with Gasteiger partial charge >= 0.3 is 0 Å². The molecule has 23 heavy (non-hydrogen) atoms. The number of amides is 1. The molecule has 2 aromatic heterocycles. The SMILES string of the molecule is NC(=O)c1[nH]nc2c1CCc1[nH]nc(CNc3ccccc3)c1-2. The van der Waals surface area contributed by atoms with E-state index in [1.165, 1.54) is 0 Å². The van der Waals surface area contributed by atoms with Crippen LogP contribution < -0.4 is 11.1 Å². The Bertz CT molecular complexity index is 864. The number of hydrogen-bond donors (Lipinski definition) is 4. The Morgan fingerprint density at radius 1 is 1.17 bits per heavy atom. The molecule has 5 N–H and O–H groups in total. The van der Waals surface area contributed by atoms with Crippen LogP contribution in [0.2, 0.25) is 0 Å². The molecule has 3 aromatic rings. The maximum Gasteiger partial charge on any atom is 0.267 e. The Labute approximate surface area is 132 Å². The zero-order chi connectivity index (χ0) is 15.8. The van der Waals surface area contributed by atoms with Crippen LogP contribution in [0, 0.1) is 0 Å². The van der Waals surface area contributed by atoms with Gasteiger partial charge in [-0.2, -0.15) is 10.2 Å². The van der Waals surface area contributed by atoms with Gasteiger partial charge in [0.15, 0.2) is 0 Å². The molecule has 0 fully saturated rings. The molecule has 0 bridgehead atoms. The summed E-state index contributed by atoms with van der Waals surface area (Å²) in [5.41, 5.74) is 11.4. The van der Waals surface area contributed by atoms with Crippen LogP contribution in [0.15, 0.2) is 30.3 Å². The van der Waals surface area contributed by atoms with E-state index in [-0.39, 0.29) is 0 Å². The zero-order valence-corrected chi connectivity index (χ0v) is 12.4. The molecule has 4 rings (SSSR count). The first kappa shape index (κ1) is 13.6. The van der Waals surface area contributed by atoms with Crippen LogP contribution in [0.4, 0.5) is 5.69 Å². The molecule has 0 saturated heterocycles. The van der Waals surface area contributed by atoms with Crippen molar-refractivity contribution in [1.29, 1.82) is 0 Å². The van der Waals surface area contributed by atoms with Crippen LogP contribution in [-0.2, 0) is 19.4 Å².